The Morgan fingerprint density at radius 3 is 2.79 bits per heavy atom. The van der Waals surface area contributed by atoms with Crippen molar-refractivity contribution in [3.05, 3.63) is 64.2 Å². The van der Waals surface area contributed by atoms with Crippen LogP contribution in [0.25, 0.3) is 0 Å². The van der Waals surface area contributed by atoms with Crippen LogP contribution in [0.1, 0.15) is 29.8 Å². The molecule has 1 unspecified atom stereocenters. The van der Waals surface area contributed by atoms with Gasteiger partial charge in [-0.3, -0.25) is 4.98 Å². The Bertz CT molecular complexity index is 572. The zero-order valence-corrected chi connectivity index (χ0v) is 11.7. The van der Waals surface area contributed by atoms with Gasteiger partial charge in [-0.15, -0.1) is 0 Å². The minimum absolute atomic E-state index is 0.201. The van der Waals surface area contributed by atoms with Crippen LogP contribution in [-0.4, -0.2) is 11.5 Å². The summed E-state index contributed by atoms with van der Waals surface area (Å²) in [5.41, 5.74) is 2.66. The molecular weight excluding hydrogens is 263 g/mol. The molecule has 1 aromatic carbocycles. The molecule has 0 saturated heterocycles. The number of hydrogen-bond donors (Lipinski definition) is 1. The van der Waals surface area contributed by atoms with Crippen molar-refractivity contribution in [1.29, 1.82) is 0 Å². The number of aromatic nitrogens is 1. The maximum absolute atomic E-state index is 13.4. The number of pyridine rings is 1. The summed E-state index contributed by atoms with van der Waals surface area (Å²) in [6, 6.07) is 8.10. The Morgan fingerprint density at radius 2 is 2.11 bits per heavy atom. The van der Waals surface area contributed by atoms with Gasteiger partial charge in [0.25, 0.3) is 0 Å². The lowest BCUT2D eigenvalue weighted by Crippen LogP contribution is -2.23. The van der Waals surface area contributed by atoms with Gasteiger partial charge in [0.15, 0.2) is 0 Å². The van der Waals surface area contributed by atoms with Gasteiger partial charge in [-0.05, 0) is 54.9 Å². The molecule has 2 nitrogen and oxygen atoms in total. The monoisotopic (exact) mass is 278 g/mol. The van der Waals surface area contributed by atoms with E-state index in [1.807, 2.05) is 26.0 Å². The molecule has 0 aliphatic rings. The second-order valence-corrected chi connectivity index (χ2v) is 4.82. The van der Waals surface area contributed by atoms with Crippen LogP contribution in [0.5, 0.6) is 0 Å². The molecule has 0 amide bonds. The number of hydrogen-bond acceptors (Lipinski definition) is 2. The van der Waals surface area contributed by atoms with Crippen molar-refractivity contribution in [2.45, 2.75) is 19.9 Å². The average Bonchev–Trinajstić information content (AvgIpc) is 2.39. The van der Waals surface area contributed by atoms with Crippen molar-refractivity contribution in [3.63, 3.8) is 0 Å². The standard InChI is InChI=1S/C15H16ClFN2/c1-3-18-15(14-8-10(2)6-7-19-14)12-9-11(17)4-5-13(12)16/h4-9,15,18H,3H2,1-2H3. The number of benzene rings is 1. The van der Waals surface area contributed by atoms with Crippen molar-refractivity contribution >= 4 is 11.6 Å². The Balaban J connectivity index is 2.48. The van der Waals surface area contributed by atoms with Crippen LogP contribution in [0.15, 0.2) is 36.5 Å². The molecule has 0 bridgehead atoms. The first-order valence-corrected chi connectivity index (χ1v) is 6.60. The molecule has 1 N–H and O–H groups in total. The van der Waals surface area contributed by atoms with Gasteiger partial charge in [0.05, 0.1) is 11.7 Å². The molecule has 1 heterocycles. The lowest BCUT2D eigenvalue weighted by Gasteiger charge is -2.19. The Morgan fingerprint density at radius 1 is 1.32 bits per heavy atom. The molecule has 0 saturated carbocycles. The molecule has 0 fully saturated rings. The molecule has 1 atom stereocenters. The van der Waals surface area contributed by atoms with Gasteiger partial charge < -0.3 is 5.32 Å². The van der Waals surface area contributed by atoms with Crippen molar-refractivity contribution in [3.8, 4) is 0 Å². The van der Waals surface area contributed by atoms with E-state index in [9.17, 15) is 4.39 Å². The molecule has 2 rings (SSSR count). The number of nitrogens with one attached hydrogen (secondary N) is 1. The van der Waals surface area contributed by atoms with Crippen LogP contribution in [-0.2, 0) is 0 Å². The third-order valence-corrected chi connectivity index (χ3v) is 3.25. The van der Waals surface area contributed by atoms with Crippen molar-refractivity contribution < 1.29 is 4.39 Å². The quantitative estimate of drug-likeness (QED) is 0.918. The predicted molar refractivity (Wildman–Crippen MR) is 75.9 cm³/mol. The summed E-state index contributed by atoms with van der Waals surface area (Å²) in [5, 5.41) is 3.83. The van der Waals surface area contributed by atoms with Crippen molar-refractivity contribution in [2.24, 2.45) is 0 Å². The van der Waals surface area contributed by atoms with Crippen LogP contribution in [0, 0.1) is 12.7 Å². The highest BCUT2D eigenvalue weighted by atomic mass is 35.5. The lowest BCUT2D eigenvalue weighted by molar-refractivity contribution is 0.595. The normalized spacial score (nSPS) is 12.4. The second-order valence-electron chi connectivity index (χ2n) is 4.41. The molecule has 1 aromatic heterocycles. The molecule has 0 radical (unpaired) electrons. The maximum atomic E-state index is 13.4. The number of aryl methyl sites for hydroxylation is 1. The Kier molecular flexibility index (Phi) is 4.51. The smallest absolute Gasteiger partial charge is 0.123 e. The van der Waals surface area contributed by atoms with Crippen LogP contribution in [0.3, 0.4) is 0 Å². The highest BCUT2D eigenvalue weighted by Gasteiger charge is 2.18. The highest BCUT2D eigenvalue weighted by molar-refractivity contribution is 6.31. The first kappa shape index (κ1) is 14.0. The van der Waals surface area contributed by atoms with Gasteiger partial charge in [0.1, 0.15) is 5.82 Å². The van der Waals surface area contributed by atoms with E-state index in [0.717, 1.165) is 17.8 Å². The molecule has 19 heavy (non-hydrogen) atoms. The molecule has 100 valence electrons. The second kappa shape index (κ2) is 6.13. The van der Waals surface area contributed by atoms with Gasteiger partial charge in [-0.1, -0.05) is 18.5 Å². The summed E-state index contributed by atoms with van der Waals surface area (Å²) in [6.45, 7) is 4.74. The first-order valence-electron chi connectivity index (χ1n) is 6.22. The maximum Gasteiger partial charge on any atom is 0.123 e. The summed E-state index contributed by atoms with van der Waals surface area (Å²) >= 11 is 6.18. The fraction of sp³-hybridized carbons (Fsp3) is 0.267. The van der Waals surface area contributed by atoms with Crippen molar-refractivity contribution in [2.75, 3.05) is 6.54 Å². The predicted octanol–water partition coefficient (Wildman–Crippen LogP) is 3.88. The van der Waals surface area contributed by atoms with Gasteiger partial charge >= 0.3 is 0 Å². The zero-order valence-electron chi connectivity index (χ0n) is 11.0. The largest absolute Gasteiger partial charge is 0.305 e. The number of rotatable bonds is 4. The topological polar surface area (TPSA) is 24.9 Å². The van der Waals surface area contributed by atoms with E-state index in [0.29, 0.717) is 10.6 Å². The van der Waals surface area contributed by atoms with Crippen LogP contribution in [0.4, 0.5) is 4.39 Å². The fourth-order valence-corrected chi connectivity index (χ4v) is 2.26. The van der Waals surface area contributed by atoms with Crippen LogP contribution >= 0.6 is 11.6 Å². The summed E-state index contributed by atoms with van der Waals surface area (Å²) in [5.74, 6) is -0.296. The van der Waals surface area contributed by atoms with E-state index in [1.165, 1.54) is 12.1 Å². The summed E-state index contributed by atoms with van der Waals surface area (Å²) in [4.78, 5) is 4.36. The number of halogens is 2. The van der Waals surface area contributed by atoms with E-state index >= 15 is 0 Å². The minimum Gasteiger partial charge on any atom is -0.305 e. The van der Waals surface area contributed by atoms with E-state index in [2.05, 4.69) is 10.3 Å². The first-order chi connectivity index (χ1) is 9.11. The highest BCUT2D eigenvalue weighted by Crippen LogP contribution is 2.28. The Hall–Kier alpha value is -1.45. The molecule has 0 spiro atoms. The zero-order chi connectivity index (χ0) is 13.8. The third kappa shape index (κ3) is 3.31. The minimum atomic E-state index is -0.296. The van der Waals surface area contributed by atoms with Gasteiger partial charge in [-0.2, -0.15) is 0 Å². The van der Waals surface area contributed by atoms with E-state index in [-0.39, 0.29) is 11.9 Å². The lowest BCUT2D eigenvalue weighted by atomic mass is 10.0. The average molecular weight is 279 g/mol. The molecule has 0 aliphatic carbocycles. The molecule has 4 heteroatoms. The third-order valence-electron chi connectivity index (χ3n) is 2.91. The van der Waals surface area contributed by atoms with E-state index in [1.54, 1.807) is 12.3 Å². The molecule has 2 aromatic rings. The van der Waals surface area contributed by atoms with Crippen molar-refractivity contribution in [1.82, 2.24) is 10.3 Å². The van der Waals surface area contributed by atoms with E-state index in [4.69, 9.17) is 11.6 Å². The van der Waals surface area contributed by atoms with E-state index < -0.39 is 0 Å². The molecular formula is C15H16ClFN2. The number of nitrogens with zero attached hydrogens (tertiary/aromatic N) is 1. The van der Waals surface area contributed by atoms with Gasteiger partial charge in [-0.25, -0.2) is 4.39 Å². The van der Waals surface area contributed by atoms with Crippen LogP contribution < -0.4 is 5.32 Å². The summed E-state index contributed by atoms with van der Waals surface area (Å²) < 4.78 is 13.4. The fourth-order valence-electron chi connectivity index (χ4n) is 2.03. The van der Waals surface area contributed by atoms with Gasteiger partial charge in [0, 0.05) is 11.2 Å². The summed E-state index contributed by atoms with van der Waals surface area (Å²) in [7, 11) is 0. The Labute approximate surface area is 117 Å². The van der Waals surface area contributed by atoms with Gasteiger partial charge in [0.2, 0.25) is 0 Å². The molecule has 0 aliphatic heterocycles. The SMILES string of the molecule is CCNC(c1cc(C)ccn1)c1cc(F)ccc1Cl. The van der Waals surface area contributed by atoms with Crippen LogP contribution in [0.2, 0.25) is 5.02 Å². The summed E-state index contributed by atoms with van der Waals surface area (Å²) in [6.07, 6.45) is 1.75.